The lowest BCUT2D eigenvalue weighted by Gasteiger charge is -2.54. The van der Waals surface area contributed by atoms with E-state index in [1.807, 2.05) is 0 Å². The molecule has 2 unspecified atom stereocenters. The standard InChI is InChI=1S/C23H33NO2/c1-15(25)24(16(2)26)18-9-13-23(4)17(14-18)7-8-19-20-6-5-11-22(20,3)12-10-21(19)23/h9,13,17-18,21H,5-8,10-12,14H2,1-4H3/t17?,18?,21-,22-,23-/m0/s1. The van der Waals surface area contributed by atoms with E-state index in [0.717, 1.165) is 6.42 Å². The average Bonchev–Trinajstić information content (AvgIpc) is 2.96. The van der Waals surface area contributed by atoms with Crippen LogP contribution >= 0.6 is 0 Å². The van der Waals surface area contributed by atoms with Gasteiger partial charge in [-0.25, -0.2) is 0 Å². The van der Waals surface area contributed by atoms with E-state index < -0.39 is 0 Å². The normalized spacial score (nSPS) is 41.3. The summed E-state index contributed by atoms with van der Waals surface area (Å²) in [5.74, 6) is 0.976. The highest BCUT2D eigenvalue weighted by molar-refractivity contribution is 5.93. The molecule has 0 heterocycles. The van der Waals surface area contributed by atoms with E-state index in [4.69, 9.17) is 0 Å². The zero-order valence-corrected chi connectivity index (χ0v) is 16.8. The highest BCUT2D eigenvalue weighted by atomic mass is 16.2. The third-order valence-electron chi connectivity index (χ3n) is 8.28. The van der Waals surface area contributed by atoms with Gasteiger partial charge >= 0.3 is 0 Å². The quantitative estimate of drug-likeness (QED) is 0.619. The summed E-state index contributed by atoms with van der Waals surface area (Å²) in [4.78, 5) is 25.4. The number of rotatable bonds is 1. The first-order chi connectivity index (χ1) is 12.3. The predicted octanol–water partition coefficient (Wildman–Crippen LogP) is 5.02. The van der Waals surface area contributed by atoms with E-state index in [9.17, 15) is 9.59 Å². The molecule has 0 aliphatic heterocycles. The number of carbonyl (C=O) groups is 2. The number of hydrogen-bond acceptors (Lipinski definition) is 2. The maximum absolute atomic E-state index is 12.0. The summed E-state index contributed by atoms with van der Waals surface area (Å²) in [7, 11) is 0. The Labute approximate surface area is 157 Å². The third kappa shape index (κ3) is 2.53. The van der Waals surface area contributed by atoms with E-state index in [1.54, 1.807) is 11.1 Å². The van der Waals surface area contributed by atoms with Crippen LogP contribution in [0.4, 0.5) is 0 Å². The average molecular weight is 356 g/mol. The topological polar surface area (TPSA) is 37.4 Å². The van der Waals surface area contributed by atoms with Crippen molar-refractivity contribution in [2.24, 2.45) is 22.7 Å². The number of amides is 2. The maximum atomic E-state index is 12.0. The van der Waals surface area contributed by atoms with Crippen molar-refractivity contribution in [3.8, 4) is 0 Å². The van der Waals surface area contributed by atoms with Gasteiger partial charge in [0.15, 0.2) is 0 Å². The largest absolute Gasteiger partial charge is 0.276 e. The summed E-state index contributed by atoms with van der Waals surface area (Å²) < 4.78 is 0. The van der Waals surface area contributed by atoms with Gasteiger partial charge in [0.2, 0.25) is 11.8 Å². The van der Waals surface area contributed by atoms with E-state index in [2.05, 4.69) is 26.0 Å². The molecule has 0 aromatic carbocycles. The second-order valence-electron chi connectivity index (χ2n) is 9.68. The molecule has 4 aliphatic rings. The number of nitrogens with zero attached hydrogens (tertiary/aromatic N) is 1. The lowest BCUT2D eigenvalue weighted by molar-refractivity contribution is -0.144. The summed E-state index contributed by atoms with van der Waals surface area (Å²) >= 11 is 0. The molecular formula is C23H33NO2. The molecule has 2 amide bonds. The summed E-state index contributed by atoms with van der Waals surface area (Å²) in [5, 5.41) is 0. The van der Waals surface area contributed by atoms with Gasteiger partial charge in [-0.2, -0.15) is 0 Å². The Morgan fingerprint density at radius 1 is 1.08 bits per heavy atom. The second-order valence-corrected chi connectivity index (χ2v) is 9.68. The molecule has 0 spiro atoms. The molecule has 0 N–H and O–H groups in total. The first-order valence-electron chi connectivity index (χ1n) is 10.5. The van der Waals surface area contributed by atoms with Crippen molar-refractivity contribution in [2.45, 2.75) is 85.1 Å². The minimum atomic E-state index is -0.131. The number of fused-ring (bicyclic) bond motifs is 4. The van der Waals surface area contributed by atoms with Gasteiger partial charge in [-0.05, 0) is 74.0 Å². The van der Waals surface area contributed by atoms with Crippen molar-refractivity contribution in [1.29, 1.82) is 0 Å². The molecule has 0 saturated heterocycles. The van der Waals surface area contributed by atoms with Gasteiger partial charge in [-0.3, -0.25) is 14.5 Å². The van der Waals surface area contributed by atoms with Crippen molar-refractivity contribution >= 4 is 11.8 Å². The molecule has 0 aromatic heterocycles. The summed E-state index contributed by atoms with van der Waals surface area (Å²) in [6, 6.07) is -0.0578. The molecule has 4 rings (SSSR count). The zero-order valence-electron chi connectivity index (χ0n) is 16.8. The molecule has 0 radical (unpaired) electrons. The predicted molar refractivity (Wildman–Crippen MR) is 103 cm³/mol. The maximum Gasteiger partial charge on any atom is 0.226 e. The van der Waals surface area contributed by atoms with Crippen LogP contribution in [0.15, 0.2) is 23.3 Å². The summed E-state index contributed by atoms with van der Waals surface area (Å²) in [6.45, 7) is 7.96. The number of imide groups is 1. The van der Waals surface area contributed by atoms with Gasteiger partial charge < -0.3 is 0 Å². The Kier molecular flexibility index (Phi) is 4.20. The van der Waals surface area contributed by atoms with Gasteiger partial charge in [0, 0.05) is 13.8 Å². The smallest absolute Gasteiger partial charge is 0.226 e. The van der Waals surface area contributed by atoms with Crippen molar-refractivity contribution in [1.82, 2.24) is 4.90 Å². The SMILES string of the molecule is CC(=O)N(C(C)=O)C1C=C[C@@]2(C)C(CCC3=C4CCC[C@@]4(C)CC[C@@H]32)C1. The fourth-order valence-electron chi connectivity index (χ4n) is 6.91. The van der Waals surface area contributed by atoms with Crippen molar-refractivity contribution in [2.75, 3.05) is 0 Å². The number of allylic oxidation sites excluding steroid dienone is 3. The van der Waals surface area contributed by atoms with Crippen LogP contribution in [-0.2, 0) is 9.59 Å². The van der Waals surface area contributed by atoms with Crippen LogP contribution in [0, 0.1) is 22.7 Å². The fourth-order valence-corrected chi connectivity index (χ4v) is 6.91. The third-order valence-corrected chi connectivity index (χ3v) is 8.28. The minimum absolute atomic E-state index is 0.0578. The van der Waals surface area contributed by atoms with E-state index in [1.165, 1.54) is 63.7 Å². The van der Waals surface area contributed by atoms with Crippen LogP contribution in [0.2, 0.25) is 0 Å². The van der Waals surface area contributed by atoms with Crippen molar-refractivity contribution < 1.29 is 9.59 Å². The molecule has 2 saturated carbocycles. The fraction of sp³-hybridized carbons (Fsp3) is 0.739. The molecule has 26 heavy (non-hydrogen) atoms. The van der Waals surface area contributed by atoms with Crippen molar-refractivity contribution in [3.63, 3.8) is 0 Å². The first kappa shape index (κ1) is 18.0. The van der Waals surface area contributed by atoms with E-state index in [0.29, 0.717) is 17.3 Å². The lowest BCUT2D eigenvalue weighted by Crippen LogP contribution is -2.50. The van der Waals surface area contributed by atoms with Crippen molar-refractivity contribution in [3.05, 3.63) is 23.3 Å². The summed E-state index contributed by atoms with van der Waals surface area (Å²) in [5.41, 5.74) is 4.27. The molecular weight excluding hydrogens is 322 g/mol. The molecule has 0 aromatic rings. The van der Waals surface area contributed by atoms with E-state index in [-0.39, 0.29) is 23.3 Å². The van der Waals surface area contributed by atoms with Crippen LogP contribution in [-0.4, -0.2) is 22.8 Å². The molecule has 3 nitrogen and oxygen atoms in total. The number of carbonyl (C=O) groups excluding carboxylic acids is 2. The molecule has 5 atom stereocenters. The van der Waals surface area contributed by atoms with E-state index >= 15 is 0 Å². The zero-order chi connectivity index (χ0) is 18.7. The molecule has 2 fully saturated rings. The van der Waals surface area contributed by atoms with Crippen LogP contribution < -0.4 is 0 Å². The Morgan fingerprint density at radius 2 is 1.81 bits per heavy atom. The van der Waals surface area contributed by atoms with Crippen LogP contribution in [0.25, 0.3) is 0 Å². The first-order valence-corrected chi connectivity index (χ1v) is 10.5. The van der Waals surface area contributed by atoms with Gasteiger partial charge in [-0.1, -0.05) is 37.1 Å². The lowest BCUT2D eigenvalue weighted by atomic mass is 9.51. The summed E-state index contributed by atoms with van der Waals surface area (Å²) in [6.07, 6.45) is 14.6. The van der Waals surface area contributed by atoms with Gasteiger partial charge in [-0.15, -0.1) is 0 Å². The van der Waals surface area contributed by atoms with Crippen LogP contribution in [0.3, 0.4) is 0 Å². The van der Waals surface area contributed by atoms with Crippen LogP contribution in [0.1, 0.15) is 79.1 Å². The van der Waals surface area contributed by atoms with Gasteiger partial charge in [0.05, 0.1) is 6.04 Å². The Balaban J connectivity index is 1.67. The Bertz CT molecular complexity index is 691. The van der Waals surface area contributed by atoms with Gasteiger partial charge in [0.1, 0.15) is 0 Å². The molecule has 4 aliphatic carbocycles. The molecule has 0 bridgehead atoms. The van der Waals surface area contributed by atoms with Crippen LogP contribution in [0.5, 0.6) is 0 Å². The highest BCUT2D eigenvalue weighted by Gasteiger charge is 2.52. The monoisotopic (exact) mass is 355 g/mol. The van der Waals surface area contributed by atoms with Gasteiger partial charge in [0.25, 0.3) is 0 Å². The second kappa shape index (κ2) is 6.07. The Morgan fingerprint density at radius 3 is 2.50 bits per heavy atom. The number of hydrogen-bond donors (Lipinski definition) is 0. The molecule has 3 heteroatoms. The minimum Gasteiger partial charge on any atom is -0.276 e. The Hall–Kier alpha value is -1.38. The molecule has 142 valence electrons. The highest BCUT2D eigenvalue weighted by Crippen LogP contribution is 2.62.